The van der Waals surface area contributed by atoms with Gasteiger partial charge in [0.05, 0.1) is 17.2 Å². The van der Waals surface area contributed by atoms with Gasteiger partial charge in [-0.2, -0.15) is 5.26 Å². The summed E-state index contributed by atoms with van der Waals surface area (Å²) in [5, 5.41) is 8.66. The molecule has 0 bridgehead atoms. The number of hydrogen-bond donors (Lipinski definition) is 0. The topological polar surface area (TPSA) is 50.1 Å². The van der Waals surface area contributed by atoms with Crippen LogP contribution in [0.25, 0.3) is 0 Å². The van der Waals surface area contributed by atoms with E-state index in [-0.39, 0.29) is 34.8 Å². The molecule has 5 heteroatoms. The molecule has 0 saturated carbocycles. The predicted molar refractivity (Wildman–Crippen MR) is 71.9 cm³/mol. The summed E-state index contributed by atoms with van der Waals surface area (Å²) in [6.07, 6.45) is 0. The van der Waals surface area contributed by atoms with Crippen molar-refractivity contribution in [1.29, 1.82) is 5.26 Å². The smallest absolute Gasteiger partial charge is 0.163 e. The van der Waals surface area contributed by atoms with Crippen LogP contribution in [0.3, 0.4) is 0 Å². The number of carbonyl (C=O) groups excluding carboxylic acids is 1. The lowest BCUT2D eigenvalue weighted by molar-refractivity contribution is 0.101. The molecule has 0 spiro atoms. The second-order valence-corrected chi connectivity index (χ2v) is 4.40. The van der Waals surface area contributed by atoms with Crippen molar-refractivity contribution in [2.45, 2.75) is 13.5 Å². The number of nitriles is 1. The van der Waals surface area contributed by atoms with Gasteiger partial charge in [0, 0.05) is 5.56 Å². The fourth-order valence-electron chi connectivity index (χ4n) is 1.79. The van der Waals surface area contributed by atoms with Crippen molar-refractivity contribution in [3.8, 4) is 11.8 Å². The zero-order valence-electron chi connectivity index (χ0n) is 11.2. The number of rotatable bonds is 4. The molecule has 0 aromatic heterocycles. The van der Waals surface area contributed by atoms with Crippen LogP contribution in [0.15, 0.2) is 36.4 Å². The van der Waals surface area contributed by atoms with Gasteiger partial charge < -0.3 is 4.74 Å². The van der Waals surface area contributed by atoms with Crippen LogP contribution in [0.4, 0.5) is 8.78 Å². The highest BCUT2D eigenvalue weighted by Crippen LogP contribution is 2.22. The van der Waals surface area contributed by atoms with Crippen LogP contribution in [0.1, 0.15) is 28.4 Å². The summed E-state index contributed by atoms with van der Waals surface area (Å²) in [6, 6.07) is 9.41. The minimum absolute atomic E-state index is 0.101. The van der Waals surface area contributed by atoms with Crippen molar-refractivity contribution in [2.24, 2.45) is 0 Å². The summed E-state index contributed by atoms with van der Waals surface area (Å²) in [7, 11) is 0. The Labute approximate surface area is 120 Å². The largest absolute Gasteiger partial charge is 0.488 e. The van der Waals surface area contributed by atoms with E-state index < -0.39 is 11.6 Å². The van der Waals surface area contributed by atoms with E-state index in [2.05, 4.69) is 0 Å². The Morgan fingerprint density at radius 1 is 1.24 bits per heavy atom. The summed E-state index contributed by atoms with van der Waals surface area (Å²) in [6.45, 7) is 1.17. The standard InChI is InChI=1S/C16H11F2NO2/c1-10(20)14-7-13(17)4-5-16(14)21-9-12-3-2-11(8-19)6-15(12)18/h2-7H,9H2,1H3. The van der Waals surface area contributed by atoms with Gasteiger partial charge in [0.25, 0.3) is 0 Å². The van der Waals surface area contributed by atoms with Crippen LogP contribution >= 0.6 is 0 Å². The number of nitrogens with zero attached hydrogens (tertiary/aromatic N) is 1. The van der Waals surface area contributed by atoms with E-state index in [1.165, 1.54) is 25.1 Å². The minimum atomic E-state index is -0.569. The molecule has 106 valence electrons. The predicted octanol–water partition coefficient (Wildman–Crippen LogP) is 3.62. The van der Waals surface area contributed by atoms with Gasteiger partial charge in [0.2, 0.25) is 0 Å². The first-order valence-electron chi connectivity index (χ1n) is 6.13. The molecular weight excluding hydrogens is 276 g/mol. The fourth-order valence-corrected chi connectivity index (χ4v) is 1.79. The van der Waals surface area contributed by atoms with Crippen molar-refractivity contribution in [1.82, 2.24) is 0 Å². The minimum Gasteiger partial charge on any atom is -0.488 e. The maximum Gasteiger partial charge on any atom is 0.163 e. The number of halogens is 2. The Hall–Kier alpha value is -2.74. The lowest BCUT2D eigenvalue weighted by Gasteiger charge is -2.10. The van der Waals surface area contributed by atoms with Crippen molar-refractivity contribution >= 4 is 5.78 Å². The quantitative estimate of drug-likeness (QED) is 0.807. The van der Waals surface area contributed by atoms with Gasteiger partial charge in [-0.05, 0) is 37.3 Å². The summed E-state index contributed by atoms with van der Waals surface area (Å²) in [5.74, 6) is -1.27. The summed E-state index contributed by atoms with van der Waals surface area (Å²) in [5.41, 5.74) is 0.555. The molecule has 0 atom stereocenters. The number of ether oxygens (including phenoxy) is 1. The normalized spacial score (nSPS) is 10.0. The summed E-state index contributed by atoms with van der Waals surface area (Å²) < 4.78 is 32.2. The first-order chi connectivity index (χ1) is 10.0. The fraction of sp³-hybridized carbons (Fsp3) is 0.125. The van der Waals surface area contributed by atoms with Crippen molar-refractivity contribution in [3.05, 3.63) is 64.7 Å². The van der Waals surface area contributed by atoms with E-state index >= 15 is 0 Å². The van der Waals surface area contributed by atoms with E-state index in [1.807, 2.05) is 6.07 Å². The molecule has 0 saturated heterocycles. The van der Waals surface area contributed by atoms with Gasteiger partial charge >= 0.3 is 0 Å². The third-order valence-corrected chi connectivity index (χ3v) is 2.89. The van der Waals surface area contributed by atoms with E-state index in [1.54, 1.807) is 0 Å². The Morgan fingerprint density at radius 3 is 2.62 bits per heavy atom. The average Bonchev–Trinajstić information content (AvgIpc) is 2.46. The highest BCUT2D eigenvalue weighted by molar-refractivity contribution is 5.96. The molecule has 3 nitrogen and oxygen atoms in total. The van der Waals surface area contributed by atoms with Gasteiger partial charge in [0.1, 0.15) is 24.0 Å². The highest BCUT2D eigenvalue weighted by atomic mass is 19.1. The van der Waals surface area contributed by atoms with Crippen molar-refractivity contribution in [3.63, 3.8) is 0 Å². The molecular formula is C16H11F2NO2. The zero-order valence-corrected chi connectivity index (χ0v) is 11.2. The number of ketones is 1. The van der Waals surface area contributed by atoms with Crippen molar-refractivity contribution in [2.75, 3.05) is 0 Å². The molecule has 0 radical (unpaired) electrons. The average molecular weight is 287 g/mol. The lowest BCUT2D eigenvalue weighted by Crippen LogP contribution is -2.04. The molecule has 2 aromatic carbocycles. The molecule has 0 heterocycles. The van der Waals surface area contributed by atoms with Gasteiger partial charge in [-0.15, -0.1) is 0 Å². The molecule has 0 unspecified atom stereocenters. The third-order valence-electron chi connectivity index (χ3n) is 2.89. The van der Waals surface area contributed by atoms with Gasteiger partial charge in [0.15, 0.2) is 5.78 Å². The number of Topliss-reactive ketones (excluding diaryl/α,β-unsaturated/α-hetero) is 1. The molecule has 0 aliphatic carbocycles. The van der Waals surface area contributed by atoms with Crippen LogP contribution in [-0.2, 0) is 6.61 Å². The molecule has 0 fully saturated rings. The number of benzene rings is 2. The first kappa shape index (κ1) is 14.7. The van der Waals surface area contributed by atoms with E-state index in [4.69, 9.17) is 10.00 Å². The van der Waals surface area contributed by atoms with Crippen LogP contribution < -0.4 is 4.74 Å². The second-order valence-electron chi connectivity index (χ2n) is 4.40. The number of carbonyl (C=O) groups is 1. The Balaban J connectivity index is 2.21. The molecule has 0 N–H and O–H groups in total. The summed E-state index contributed by atoms with van der Waals surface area (Å²) >= 11 is 0. The van der Waals surface area contributed by atoms with Crippen LogP contribution in [-0.4, -0.2) is 5.78 Å². The van der Waals surface area contributed by atoms with E-state index in [0.29, 0.717) is 0 Å². The van der Waals surface area contributed by atoms with E-state index in [9.17, 15) is 13.6 Å². The Morgan fingerprint density at radius 2 is 2.00 bits per heavy atom. The molecule has 2 aromatic rings. The highest BCUT2D eigenvalue weighted by Gasteiger charge is 2.11. The number of hydrogen-bond acceptors (Lipinski definition) is 3. The molecule has 2 rings (SSSR count). The Bertz CT molecular complexity index is 736. The maximum atomic E-state index is 13.7. The lowest BCUT2D eigenvalue weighted by atomic mass is 10.1. The Kier molecular flexibility index (Phi) is 4.29. The maximum absolute atomic E-state index is 13.7. The van der Waals surface area contributed by atoms with Gasteiger partial charge in [-0.1, -0.05) is 6.07 Å². The summed E-state index contributed by atoms with van der Waals surface area (Å²) in [4.78, 5) is 11.4. The monoisotopic (exact) mass is 287 g/mol. The van der Waals surface area contributed by atoms with E-state index in [0.717, 1.165) is 18.2 Å². The second kappa shape index (κ2) is 6.14. The molecule has 0 aliphatic rings. The van der Waals surface area contributed by atoms with Gasteiger partial charge in [-0.25, -0.2) is 8.78 Å². The SMILES string of the molecule is CC(=O)c1cc(F)ccc1OCc1ccc(C#N)cc1F. The molecule has 0 amide bonds. The molecule has 0 aliphatic heterocycles. The van der Waals surface area contributed by atoms with Crippen molar-refractivity contribution < 1.29 is 18.3 Å². The molecule has 21 heavy (non-hydrogen) atoms. The first-order valence-corrected chi connectivity index (χ1v) is 6.13. The van der Waals surface area contributed by atoms with Gasteiger partial charge in [-0.3, -0.25) is 4.79 Å². The zero-order chi connectivity index (χ0) is 15.4. The van der Waals surface area contributed by atoms with Crippen LogP contribution in [0, 0.1) is 23.0 Å². The van der Waals surface area contributed by atoms with Crippen LogP contribution in [0.2, 0.25) is 0 Å². The van der Waals surface area contributed by atoms with Crippen LogP contribution in [0.5, 0.6) is 5.75 Å². The third kappa shape index (κ3) is 3.42.